The molecule has 0 spiro atoms. The molecule has 1 rings (SSSR count). The van der Waals surface area contributed by atoms with Gasteiger partial charge in [0, 0.05) is 25.6 Å². The van der Waals surface area contributed by atoms with Crippen molar-refractivity contribution in [3.8, 4) is 0 Å². The van der Waals surface area contributed by atoms with Crippen molar-refractivity contribution >= 4 is 11.8 Å². The first-order chi connectivity index (χ1) is 9.63. The molecule has 0 saturated carbocycles. The van der Waals surface area contributed by atoms with Crippen LogP contribution in [0.25, 0.3) is 0 Å². The maximum Gasteiger partial charge on any atom is 0.246 e. The van der Waals surface area contributed by atoms with Crippen LogP contribution in [0.2, 0.25) is 0 Å². The zero-order chi connectivity index (χ0) is 14.8. The minimum atomic E-state index is -0.409. The standard InChI is InChI=1S/C16H20N2O2/c1-2-3-5-10-16(20)18(12-11-15(17)19)13-14-8-6-4-7-9-14/h2-10H,11-13H2,1H3,(H2,17,19). The zero-order valence-corrected chi connectivity index (χ0v) is 11.7. The molecule has 0 heterocycles. The second-order valence-electron chi connectivity index (χ2n) is 4.35. The molecule has 4 heteroatoms. The Morgan fingerprint density at radius 3 is 2.50 bits per heavy atom. The van der Waals surface area contributed by atoms with Crippen LogP contribution >= 0.6 is 0 Å². The quantitative estimate of drug-likeness (QED) is 0.609. The van der Waals surface area contributed by atoms with Crippen molar-refractivity contribution in [2.24, 2.45) is 5.73 Å². The average molecular weight is 272 g/mol. The van der Waals surface area contributed by atoms with E-state index in [4.69, 9.17) is 5.73 Å². The predicted octanol–water partition coefficient (Wildman–Crippen LogP) is 2.02. The second-order valence-corrected chi connectivity index (χ2v) is 4.35. The van der Waals surface area contributed by atoms with Gasteiger partial charge in [-0.1, -0.05) is 48.6 Å². The maximum atomic E-state index is 12.1. The number of primary amides is 1. The highest BCUT2D eigenvalue weighted by molar-refractivity contribution is 5.88. The van der Waals surface area contributed by atoms with Gasteiger partial charge in [-0.05, 0) is 12.5 Å². The van der Waals surface area contributed by atoms with Gasteiger partial charge in [0.1, 0.15) is 0 Å². The summed E-state index contributed by atoms with van der Waals surface area (Å²) < 4.78 is 0. The van der Waals surface area contributed by atoms with Gasteiger partial charge >= 0.3 is 0 Å². The highest BCUT2D eigenvalue weighted by Gasteiger charge is 2.12. The summed E-state index contributed by atoms with van der Waals surface area (Å²) in [6.45, 7) is 2.67. The van der Waals surface area contributed by atoms with Gasteiger partial charge in [0.05, 0.1) is 0 Å². The summed E-state index contributed by atoms with van der Waals surface area (Å²) in [4.78, 5) is 24.6. The Morgan fingerprint density at radius 2 is 1.90 bits per heavy atom. The molecule has 0 atom stereocenters. The molecule has 0 unspecified atom stereocenters. The Balaban J connectivity index is 2.73. The van der Waals surface area contributed by atoms with Crippen molar-refractivity contribution in [2.75, 3.05) is 6.54 Å². The lowest BCUT2D eigenvalue weighted by Gasteiger charge is -2.20. The van der Waals surface area contributed by atoms with Crippen LogP contribution in [-0.4, -0.2) is 23.3 Å². The van der Waals surface area contributed by atoms with E-state index in [0.29, 0.717) is 13.1 Å². The van der Waals surface area contributed by atoms with Crippen molar-refractivity contribution in [1.29, 1.82) is 0 Å². The average Bonchev–Trinajstić information content (AvgIpc) is 2.44. The first kappa shape index (κ1) is 15.7. The molecule has 2 N–H and O–H groups in total. The summed E-state index contributed by atoms with van der Waals surface area (Å²) in [6.07, 6.45) is 6.96. The number of carbonyl (C=O) groups is 2. The van der Waals surface area contributed by atoms with Crippen molar-refractivity contribution in [1.82, 2.24) is 4.90 Å². The van der Waals surface area contributed by atoms with Crippen molar-refractivity contribution in [3.63, 3.8) is 0 Å². The minimum absolute atomic E-state index is 0.131. The van der Waals surface area contributed by atoms with Gasteiger partial charge in [-0.25, -0.2) is 0 Å². The Labute approximate surface area is 119 Å². The van der Waals surface area contributed by atoms with E-state index in [1.165, 1.54) is 6.08 Å². The topological polar surface area (TPSA) is 63.4 Å². The van der Waals surface area contributed by atoms with E-state index in [1.54, 1.807) is 17.1 Å². The lowest BCUT2D eigenvalue weighted by atomic mass is 10.2. The fourth-order valence-electron chi connectivity index (χ4n) is 1.67. The summed E-state index contributed by atoms with van der Waals surface area (Å²) in [5.74, 6) is -0.540. The van der Waals surface area contributed by atoms with Crippen LogP contribution < -0.4 is 5.73 Å². The molecule has 0 aromatic heterocycles. The molecule has 0 aliphatic heterocycles. The fourth-order valence-corrected chi connectivity index (χ4v) is 1.67. The van der Waals surface area contributed by atoms with Gasteiger partial charge in [-0.15, -0.1) is 0 Å². The largest absolute Gasteiger partial charge is 0.370 e. The molecule has 2 amide bonds. The number of benzene rings is 1. The van der Waals surface area contributed by atoms with Gasteiger partial charge in [-0.3, -0.25) is 9.59 Å². The molecular formula is C16H20N2O2. The predicted molar refractivity (Wildman–Crippen MR) is 79.6 cm³/mol. The monoisotopic (exact) mass is 272 g/mol. The summed E-state index contributed by atoms with van der Waals surface area (Å²) >= 11 is 0. The molecule has 0 aliphatic rings. The lowest BCUT2D eigenvalue weighted by Crippen LogP contribution is -2.32. The highest BCUT2D eigenvalue weighted by Crippen LogP contribution is 2.06. The number of hydrogen-bond acceptors (Lipinski definition) is 2. The second kappa shape index (κ2) is 8.69. The lowest BCUT2D eigenvalue weighted by molar-refractivity contribution is -0.127. The Bertz CT molecular complexity index is 492. The smallest absolute Gasteiger partial charge is 0.246 e. The molecule has 1 aromatic carbocycles. The summed E-state index contributed by atoms with van der Waals surface area (Å²) in [7, 11) is 0. The number of rotatable bonds is 7. The van der Waals surface area contributed by atoms with Gasteiger partial charge < -0.3 is 10.6 Å². The van der Waals surface area contributed by atoms with Gasteiger partial charge in [0.2, 0.25) is 11.8 Å². The number of nitrogens with two attached hydrogens (primary N) is 1. The highest BCUT2D eigenvalue weighted by atomic mass is 16.2. The van der Waals surface area contributed by atoms with Crippen LogP contribution in [0.3, 0.4) is 0 Å². The molecule has 0 bridgehead atoms. The van der Waals surface area contributed by atoms with Gasteiger partial charge in [-0.2, -0.15) is 0 Å². The third-order valence-electron chi connectivity index (χ3n) is 2.70. The van der Waals surface area contributed by atoms with Crippen molar-refractivity contribution in [3.05, 3.63) is 60.2 Å². The Hall–Kier alpha value is -2.36. The Kier molecular flexibility index (Phi) is 6.82. The van der Waals surface area contributed by atoms with Crippen LogP contribution in [0.4, 0.5) is 0 Å². The molecule has 106 valence electrons. The third kappa shape index (κ3) is 6.00. The Morgan fingerprint density at radius 1 is 1.20 bits per heavy atom. The minimum Gasteiger partial charge on any atom is -0.370 e. The van der Waals surface area contributed by atoms with Crippen LogP contribution in [0.5, 0.6) is 0 Å². The van der Waals surface area contributed by atoms with Crippen molar-refractivity contribution < 1.29 is 9.59 Å². The molecule has 1 aromatic rings. The molecular weight excluding hydrogens is 252 g/mol. The molecule has 20 heavy (non-hydrogen) atoms. The van der Waals surface area contributed by atoms with Gasteiger partial charge in [0.25, 0.3) is 0 Å². The molecule has 0 fully saturated rings. The number of nitrogens with zero attached hydrogens (tertiary/aromatic N) is 1. The van der Waals surface area contributed by atoms with Crippen LogP contribution in [0.1, 0.15) is 18.9 Å². The van der Waals surface area contributed by atoms with Gasteiger partial charge in [0.15, 0.2) is 0 Å². The summed E-state index contributed by atoms with van der Waals surface area (Å²) in [6, 6.07) is 9.65. The molecule has 0 saturated heterocycles. The maximum absolute atomic E-state index is 12.1. The van der Waals surface area contributed by atoms with Crippen LogP contribution in [0, 0.1) is 0 Å². The van der Waals surface area contributed by atoms with E-state index >= 15 is 0 Å². The third-order valence-corrected chi connectivity index (χ3v) is 2.70. The van der Waals surface area contributed by atoms with Crippen molar-refractivity contribution in [2.45, 2.75) is 19.9 Å². The zero-order valence-electron chi connectivity index (χ0n) is 11.7. The summed E-state index contributed by atoms with van der Waals surface area (Å²) in [5, 5.41) is 0. The van der Waals surface area contributed by atoms with Crippen LogP contribution in [-0.2, 0) is 16.1 Å². The number of allylic oxidation sites excluding steroid dienone is 3. The SMILES string of the molecule is CC=CC=CC(=O)N(CCC(N)=O)Cc1ccccc1. The van der Waals surface area contributed by atoms with E-state index in [9.17, 15) is 9.59 Å². The fraction of sp³-hybridized carbons (Fsp3) is 0.250. The molecule has 0 radical (unpaired) electrons. The summed E-state index contributed by atoms with van der Waals surface area (Å²) in [5.41, 5.74) is 6.17. The molecule has 4 nitrogen and oxygen atoms in total. The van der Waals surface area contributed by atoms with E-state index in [0.717, 1.165) is 5.56 Å². The van der Waals surface area contributed by atoms with E-state index in [-0.39, 0.29) is 12.3 Å². The van der Waals surface area contributed by atoms with E-state index < -0.39 is 5.91 Å². The number of carbonyl (C=O) groups excluding carboxylic acids is 2. The first-order valence-corrected chi connectivity index (χ1v) is 6.54. The number of hydrogen-bond donors (Lipinski definition) is 1. The number of amides is 2. The van der Waals surface area contributed by atoms with E-state index in [1.807, 2.05) is 43.3 Å². The van der Waals surface area contributed by atoms with Crippen LogP contribution in [0.15, 0.2) is 54.6 Å². The first-order valence-electron chi connectivity index (χ1n) is 6.54. The normalized spacial score (nSPS) is 11.1. The molecule has 0 aliphatic carbocycles. The van der Waals surface area contributed by atoms with E-state index in [2.05, 4.69) is 0 Å².